The fourth-order valence-corrected chi connectivity index (χ4v) is 2.11. The van der Waals surface area contributed by atoms with Crippen molar-refractivity contribution in [2.24, 2.45) is 11.7 Å². The van der Waals surface area contributed by atoms with Crippen molar-refractivity contribution in [2.45, 2.75) is 78.2 Å². The Morgan fingerprint density at radius 3 is 2.25 bits per heavy atom. The molecule has 0 rings (SSSR count). The molecule has 2 unspecified atom stereocenters. The lowest BCUT2D eigenvalue weighted by atomic mass is 9.91. The molecule has 0 amide bonds. The quantitative estimate of drug-likeness (QED) is 0.618. The van der Waals surface area contributed by atoms with Gasteiger partial charge in [0.25, 0.3) is 0 Å². The standard InChI is InChI=1S/C14H29NO/c1-4-7-9-12(6-3)10-14(16)11-13(15)8-5-2/h12-13H,4-11,15H2,1-3H3. The van der Waals surface area contributed by atoms with Gasteiger partial charge < -0.3 is 5.73 Å². The van der Waals surface area contributed by atoms with Crippen molar-refractivity contribution >= 4 is 5.78 Å². The Balaban J connectivity index is 3.81. The Hall–Kier alpha value is -0.370. The molecule has 96 valence electrons. The van der Waals surface area contributed by atoms with Crippen LogP contribution in [0.3, 0.4) is 0 Å². The number of carbonyl (C=O) groups is 1. The molecule has 2 nitrogen and oxygen atoms in total. The second-order valence-corrected chi connectivity index (χ2v) is 4.91. The first-order valence-electron chi connectivity index (χ1n) is 6.91. The van der Waals surface area contributed by atoms with Gasteiger partial charge in [0.2, 0.25) is 0 Å². The van der Waals surface area contributed by atoms with Gasteiger partial charge in [0, 0.05) is 18.9 Å². The van der Waals surface area contributed by atoms with Crippen LogP contribution in [0.5, 0.6) is 0 Å². The summed E-state index contributed by atoms with van der Waals surface area (Å²) in [5.41, 5.74) is 5.88. The monoisotopic (exact) mass is 227 g/mol. The van der Waals surface area contributed by atoms with E-state index >= 15 is 0 Å². The Morgan fingerprint density at radius 2 is 1.75 bits per heavy atom. The molecule has 0 aromatic carbocycles. The highest BCUT2D eigenvalue weighted by molar-refractivity contribution is 5.79. The molecule has 0 saturated heterocycles. The lowest BCUT2D eigenvalue weighted by Crippen LogP contribution is -2.24. The minimum Gasteiger partial charge on any atom is -0.327 e. The van der Waals surface area contributed by atoms with Gasteiger partial charge in [-0.15, -0.1) is 0 Å². The number of ketones is 1. The molecule has 0 aromatic heterocycles. The highest BCUT2D eigenvalue weighted by Gasteiger charge is 2.14. The second kappa shape index (κ2) is 9.83. The number of Topliss-reactive ketones (excluding diaryl/α,β-unsaturated/α-hetero) is 1. The molecule has 0 bridgehead atoms. The maximum atomic E-state index is 11.8. The average Bonchev–Trinajstić information content (AvgIpc) is 2.24. The maximum Gasteiger partial charge on any atom is 0.134 e. The highest BCUT2D eigenvalue weighted by atomic mass is 16.1. The van der Waals surface area contributed by atoms with E-state index in [4.69, 9.17) is 5.73 Å². The summed E-state index contributed by atoms with van der Waals surface area (Å²) in [7, 11) is 0. The fourth-order valence-electron chi connectivity index (χ4n) is 2.11. The molecule has 0 aromatic rings. The van der Waals surface area contributed by atoms with Crippen LogP contribution in [-0.2, 0) is 4.79 Å². The molecule has 0 aliphatic heterocycles. The van der Waals surface area contributed by atoms with Crippen LogP contribution in [0.15, 0.2) is 0 Å². The molecule has 0 saturated carbocycles. The zero-order chi connectivity index (χ0) is 12.4. The van der Waals surface area contributed by atoms with E-state index in [2.05, 4.69) is 20.8 Å². The summed E-state index contributed by atoms with van der Waals surface area (Å²) in [6.07, 6.45) is 8.15. The number of hydrogen-bond donors (Lipinski definition) is 1. The topological polar surface area (TPSA) is 43.1 Å². The van der Waals surface area contributed by atoms with Crippen LogP contribution in [-0.4, -0.2) is 11.8 Å². The van der Waals surface area contributed by atoms with Gasteiger partial charge in [-0.1, -0.05) is 52.9 Å². The van der Waals surface area contributed by atoms with Gasteiger partial charge in [0.05, 0.1) is 0 Å². The predicted octanol–water partition coefficient (Wildman–Crippen LogP) is 3.68. The lowest BCUT2D eigenvalue weighted by molar-refractivity contribution is -0.120. The third-order valence-electron chi connectivity index (χ3n) is 3.21. The Labute approximate surface area is 101 Å². The third-order valence-corrected chi connectivity index (χ3v) is 3.21. The van der Waals surface area contributed by atoms with E-state index in [1.165, 1.54) is 19.3 Å². The minimum absolute atomic E-state index is 0.0844. The van der Waals surface area contributed by atoms with E-state index < -0.39 is 0 Å². The van der Waals surface area contributed by atoms with Crippen LogP contribution < -0.4 is 5.73 Å². The van der Waals surface area contributed by atoms with Gasteiger partial charge in [-0.2, -0.15) is 0 Å². The van der Waals surface area contributed by atoms with Crippen LogP contribution >= 0.6 is 0 Å². The van der Waals surface area contributed by atoms with Crippen LogP contribution in [0.25, 0.3) is 0 Å². The summed E-state index contributed by atoms with van der Waals surface area (Å²) in [4.78, 5) is 11.8. The van der Waals surface area contributed by atoms with Gasteiger partial charge in [0.15, 0.2) is 0 Å². The molecule has 16 heavy (non-hydrogen) atoms. The summed E-state index contributed by atoms with van der Waals surface area (Å²) in [6, 6.07) is 0.0844. The molecule has 2 atom stereocenters. The molecule has 2 N–H and O–H groups in total. The van der Waals surface area contributed by atoms with Crippen molar-refractivity contribution in [2.75, 3.05) is 0 Å². The smallest absolute Gasteiger partial charge is 0.134 e. The maximum absolute atomic E-state index is 11.8. The van der Waals surface area contributed by atoms with Crippen LogP contribution in [0.2, 0.25) is 0 Å². The van der Waals surface area contributed by atoms with E-state index in [1.807, 2.05) is 0 Å². The Morgan fingerprint density at radius 1 is 1.06 bits per heavy atom. The average molecular weight is 227 g/mol. The summed E-state index contributed by atoms with van der Waals surface area (Å²) in [6.45, 7) is 6.49. The van der Waals surface area contributed by atoms with Crippen LogP contribution in [0.1, 0.15) is 72.1 Å². The predicted molar refractivity (Wildman–Crippen MR) is 70.4 cm³/mol. The van der Waals surface area contributed by atoms with Crippen molar-refractivity contribution in [1.29, 1.82) is 0 Å². The summed E-state index contributed by atoms with van der Waals surface area (Å²) in [5, 5.41) is 0. The number of rotatable bonds is 10. The first-order valence-corrected chi connectivity index (χ1v) is 6.91. The van der Waals surface area contributed by atoms with Gasteiger partial charge in [0.1, 0.15) is 5.78 Å². The van der Waals surface area contributed by atoms with Crippen molar-refractivity contribution in [3.05, 3.63) is 0 Å². The number of nitrogens with two attached hydrogens (primary N) is 1. The number of hydrogen-bond acceptors (Lipinski definition) is 2. The van der Waals surface area contributed by atoms with Gasteiger partial charge in [-0.3, -0.25) is 4.79 Å². The molecular formula is C14H29NO. The zero-order valence-corrected chi connectivity index (χ0v) is 11.3. The largest absolute Gasteiger partial charge is 0.327 e. The molecule has 0 fully saturated rings. The van der Waals surface area contributed by atoms with E-state index in [0.29, 0.717) is 18.1 Å². The Bertz CT molecular complexity index is 180. The van der Waals surface area contributed by atoms with Crippen LogP contribution in [0, 0.1) is 5.92 Å². The fraction of sp³-hybridized carbons (Fsp3) is 0.929. The number of carbonyl (C=O) groups excluding carboxylic acids is 1. The van der Waals surface area contributed by atoms with E-state index in [0.717, 1.165) is 25.7 Å². The molecule has 0 heterocycles. The van der Waals surface area contributed by atoms with Crippen molar-refractivity contribution in [1.82, 2.24) is 0 Å². The molecule has 0 spiro atoms. The zero-order valence-electron chi connectivity index (χ0n) is 11.3. The molecule has 0 radical (unpaired) electrons. The van der Waals surface area contributed by atoms with Gasteiger partial charge >= 0.3 is 0 Å². The van der Waals surface area contributed by atoms with Crippen molar-refractivity contribution < 1.29 is 4.79 Å². The molecular weight excluding hydrogens is 198 g/mol. The van der Waals surface area contributed by atoms with Crippen LogP contribution in [0.4, 0.5) is 0 Å². The normalized spacial score (nSPS) is 14.8. The van der Waals surface area contributed by atoms with Crippen molar-refractivity contribution in [3.8, 4) is 0 Å². The molecule has 2 heteroatoms. The number of unbranched alkanes of at least 4 members (excludes halogenated alkanes) is 1. The third kappa shape index (κ3) is 7.86. The first-order chi connectivity index (χ1) is 7.63. The van der Waals surface area contributed by atoms with Gasteiger partial charge in [-0.05, 0) is 12.3 Å². The second-order valence-electron chi connectivity index (χ2n) is 4.91. The lowest BCUT2D eigenvalue weighted by Gasteiger charge is -2.15. The van der Waals surface area contributed by atoms with E-state index in [9.17, 15) is 4.79 Å². The minimum atomic E-state index is 0.0844. The highest BCUT2D eigenvalue weighted by Crippen LogP contribution is 2.18. The van der Waals surface area contributed by atoms with E-state index in [1.54, 1.807) is 0 Å². The summed E-state index contributed by atoms with van der Waals surface area (Å²) >= 11 is 0. The summed E-state index contributed by atoms with van der Waals surface area (Å²) < 4.78 is 0. The first kappa shape index (κ1) is 15.6. The summed E-state index contributed by atoms with van der Waals surface area (Å²) in [5.74, 6) is 0.949. The molecule has 0 aliphatic carbocycles. The van der Waals surface area contributed by atoms with Gasteiger partial charge in [-0.25, -0.2) is 0 Å². The molecule has 0 aliphatic rings. The SMILES string of the molecule is CCCCC(CC)CC(=O)CC(N)CCC. The Kier molecular flexibility index (Phi) is 9.60. The van der Waals surface area contributed by atoms with Crippen molar-refractivity contribution in [3.63, 3.8) is 0 Å². The van der Waals surface area contributed by atoms with E-state index in [-0.39, 0.29) is 6.04 Å².